The first-order chi connectivity index (χ1) is 10.5. The number of hydrogen-bond donors (Lipinski definition) is 2. The number of anilines is 2. The maximum Gasteiger partial charge on any atom is 0.243 e. The number of hydrogen-bond acceptors (Lipinski definition) is 3. The normalized spacial score (nSPS) is 10.2. The molecular weight excluding hydrogens is 347 g/mol. The van der Waals surface area contributed by atoms with Gasteiger partial charge >= 0.3 is 0 Å². The van der Waals surface area contributed by atoms with Crippen molar-refractivity contribution in [1.82, 2.24) is 0 Å². The van der Waals surface area contributed by atoms with Crippen LogP contribution in [0.25, 0.3) is 0 Å². The molecule has 0 aromatic heterocycles. The van der Waals surface area contributed by atoms with Gasteiger partial charge in [-0.15, -0.1) is 0 Å². The molecule has 4 nitrogen and oxygen atoms in total. The van der Waals surface area contributed by atoms with Gasteiger partial charge in [0.05, 0.1) is 30.1 Å². The fraction of sp³-hybridized carbons (Fsp3) is 0.133. The monoisotopic (exact) mass is 358 g/mol. The van der Waals surface area contributed by atoms with Gasteiger partial charge < -0.3 is 15.4 Å². The lowest BCUT2D eigenvalue weighted by molar-refractivity contribution is -0.114. The SMILES string of the molecule is COc1ccc(Cl)cc1NC(=O)CNc1cc(Cl)ccc1Cl. The Morgan fingerprint density at radius 2 is 1.68 bits per heavy atom. The molecule has 0 radical (unpaired) electrons. The van der Waals surface area contributed by atoms with Crippen molar-refractivity contribution >= 4 is 52.1 Å². The number of halogens is 3. The molecule has 116 valence electrons. The molecule has 0 fully saturated rings. The summed E-state index contributed by atoms with van der Waals surface area (Å²) in [6, 6.07) is 9.96. The van der Waals surface area contributed by atoms with Crippen molar-refractivity contribution < 1.29 is 9.53 Å². The zero-order valence-electron chi connectivity index (χ0n) is 11.6. The number of carbonyl (C=O) groups excluding carboxylic acids is 1. The van der Waals surface area contributed by atoms with Crippen LogP contribution in [0.2, 0.25) is 15.1 Å². The van der Waals surface area contributed by atoms with Crippen molar-refractivity contribution in [1.29, 1.82) is 0 Å². The van der Waals surface area contributed by atoms with Gasteiger partial charge in [0.25, 0.3) is 0 Å². The molecule has 0 aliphatic rings. The van der Waals surface area contributed by atoms with E-state index in [-0.39, 0.29) is 12.5 Å². The van der Waals surface area contributed by atoms with Gasteiger partial charge in [0, 0.05) is 10.0 Å². The Labute approximate surface area is 143 Å². The Bertz CT molecular complexity index is 692. The van der Waals surface area contributed by atoms with Crippen LogP contribution in [-0.2, 0) is 4.79 Å². The van der Waals surface area contributed by atoms with Gasteiger partial charge in [-0.1, -0.05) is 34.8 Å². The van der Waals surface area contributed by atoms with Gasteiger partial charge in [0.2, 0.25) is 5.91 Å². The highest BCUT2D eigenvalue weighted by Crippen LogP contribution is 2.28. The summed E-state index contributed by atoms with van der Waals surface area (Å²) in [6.45, 7) is 0.0235. The van der Waals surface area contributed by atoms with Crippen molar-refractivity contribution in [3.8, 4) is 5.75 Å². The minimum atomic E-state index is -0.267. The van der Waals surface area contributed by atoms with Crippen molar-refractivity contribution in [3.05, 3.63) is 51.5 Å². The molecular formula is C15H13Cl3N2O2. The summed E-state index contributed by atoms with van der Waals surface area (Å²) in [5, 5.41) is 7.16. The maximum atomic E-state index is 12.0. The smallest absolute Gasteiger partial charge is 0.243 e. The van der Waals surface area contributed by atoms with E-state index in [1.165, 1.54) is 7.11 Å². The zero-order valence-corrected chi connectivity index (χ0v) is 13.9. The molecule has 0 saturated carbocycles. The van der Waals surface area contributed by atoms with Crippen molar-refractivity contribution in [3.63, 3.8) is 0 Å². The second-order valence-electron chi connectivity index (χ2n) is 4.37. The van der Waals surface area contributed by atoms with Crippen LogP contribution in [0.5, 0.6) is 5.75 Å². The predicted octanol–water partition coefficient (Wildman–Crippen LogP) is 4.71. The molecule has 2 rings (SSSR count). The first kappa shape index (κ1) is 16.7. The average Bonchev–Trinajstić information content (AvgIpc) is 2.48. The summed E-state index contributed by atoms with van der Waals surface area (Å²) in [5.41, 5.74) is 1.08. The maximum absolute atomic E-state index is 12.0. The third kappa shape index (κ3) is 4.44. The van der Waals surface area contributed by atoms with Crippen LogP contribution in [-0.4, -0.2) is 19.6 Å². The van der Waals surface area contributed by atoms with Crippen molar-refractivity contribution in [2.24, 2.45) is 0 Å². The van der Waals surface area contributed by atoms with Gasteiger partial charge in [-0.05, 0) is 36.4 Å². The molecule has 0 unspecified atom stereocenters. The van der Waals surface area contributed by atoms with Gasteiger partial charge in [0.15, 0.2) is 0 Å². The number of ether oxygens (including phenoxy) is 1. The molecule has 0 aliphatic heterocycles. The van der Waals surface area contributed by atoms with Gasteiger partial charge in [0.1, 0.15) is 5.75 Å². The molecule has 7 heteroatoms. The van der Waals surface area contributed by atoms with E-state index in [2.05, 4.69) is 10.6 Å². The lowest BCUT2D eigenvalue weighted by Crippen LogP contribution is -2.22. The second-order valence-corrected chi connectivity index (χ2v) is 5.65. The highest BCUT2D eigenvalue weighted by molar-refractivity contribution is 6.35. The lowest BCUT2D eigenvalue weighted by Gasteiger charge is -2.12. The van der Waals surface area contributed by atoms with Crippen LogP contribution in [0.1, 0.15) is 0 Å². The number of rotatable bonds is 5. The fourth-order valence-corrected chi connectivity index (χ4v) is 2.31. The molecule has 0 spiro atoms. The Morgan fingerprint density at radius 3 is 2.36 bits per heavy atom. The fourth-order valence-electron chi connectivity index (χ4n) is 1.78. The summed E-state index contributed by atoms with van der Waals surface area (Å²) < 4.78 is 5.17. The van der Waals surface area contributed by atoms with E-state index in [0.717, 1.165) is 0 Å². The third-order valence-electron chi connectivity index (χ3n) is 2.80. The molecule has 2 aromatic carbocycles. The minimum absolute atomic E-state index is 0.0235. The second kappa shape index (κ2) is 7.58. The van der Waals surface area contributed by atoms with E-state index in [9.17, 15) is 4.79 Å². The first-order valence-electron chi connectivity index (χ1n) is 6.32. The quantitative estimate of drug-likeness (QED) is 0.813. The Kier molecular flexibility index (Phi) is 5.77. The third-order valence-corrected chi connectivity index (χ3v) is 3.60. The van der Waals surface area contributed by atoms with Crippen LogP contribution >= 0.6 is 34.8 Å². The van der Waals surface area contributed by atoms with Crippen LogP contribution in [0.15, 0.2) is 36.4 Å². The lowest BCUT2D eigenvalue weighted by atomic mass is 10.3. The van der Waals surface area contributed by atoms with Crippen LogP contribution in [0, 0.1) is 0 Å². The van der Waals surface area contributed by atoms with E-state index in [1.807, 2.05) is 0 Å². The number of methoxy groups -OCH3 is 1. The standard InChI is InChI=1S/C15H13Cl3N2O2/c1-22-14-5-3-10(17)7-13(14)20-15(21)8-19-12-6-9(16)2-4-11(12)18/h2-7,19H,8H2,1H3,(H,20,21). The molecule has 2 N–H and O–H groups in total. The molecule has 1 amide bonds. The minimum Gasteiger partial charge on any atom is -0.495 e. The highest BCUT2D eigenvalue weighted by atomic mass is 35.5. The van der Waals surface area contributed by atoms with Crippen molar-refractivity contribution in [2.75, 3.05) is 24.3 Å². The van der Waals surface area contributed by atoms with Gasteiger partial charge in [-0.3, -0.25) is 4.79 Å². The number of amides is 1. The van der Waals surface area contributed by atoms with E-state index in [0.29, 0.717) is 32.2 Å². The topological polar surface area (TPSA) is 50.4 Å². The van der Waals surface area contributed by atoms with Gasteiger partial charge in [-0.25, -0.2) is 0 Å². The summed E-state index contributed by atoms with van der Waals surface area (Å²) in [4.78, 5) is 12.0. The van der Waals surface area contributed by atoms with Crippen LogP contribution < -0.4 is 15.4 Å². The average molecular weight is 360 g/mol. The van der Waals surface area contributed by atoms with Gasteiger partial charge in [-0.2, -0.15) is 0 Å². The van der Waals surface area contributed by atoms with Crippen LogP contribution in [0.3, 0.4) is 0 Å². The number of carbonyl (C=O) groups is 1. The molecule has 0 saturated heterocycles. The summed E-state index contributed by atoms with van der Waals surface area (Å²) in [7, 11) is 1.52. The highest BCUT2D eigenvalue weighted by Gasteiger charge is 2.09. The number of nitrogens with one attached hydrogen (secondary N) is 2. The summed E-state index contributed by atoms with van der Waals surface area (Å²) in [5.74, 6) is 0.259. The molecule has 0 atom stereocenters. The summed E-state index contributed by atoms with van der Waals surface area (Å²) in [6.07, 6.45) is 0. The Morgan fingerprint density at radius 1 is 1.05 bits per heavy atom. The molecule has 2 aromatic rings. The van der Waals surface area contributed by atoms with E-state index in [4.69, 9.17) is 39.5 Å². The Hall–Kier alpha value is -1.62. The van der Waals surface area contributed by atoms with E-state index in [1.54, 1.807) is 36.4 Å². The van der Waals surface area contributed by atoms with Crippen LogP contribution in [0.4, 0.5) is 11.4 Å². The predicted molar refractivity (Wildman–Crippen MR) is 91.6 cm³/mol. The molecule has 0 heterocycles. The molecule has 0 bridgehead atoms. The largest absolute Gasteiger partial charge is 0.495 e. The number of benzene rings is 2. The first-order valence-corrected chi connectivity index (χ1v) is 7.45. The molecule has 22 heavy (non-hydrogen) atoms. The van der Waals surface area contributed by atoms with E-state index < -0.39 is 0 Å². The molecule has 0 aliphatic carbocycles. The zero-order chi connectivity index (χ0) is 16.1. The Balaban J connectivity index is 2.01. The van der Waals surface area contributed by atoms with Crippen molar-refractivity contribution in [2.45, 2.75) is 0 Å². The van der Waals surface area contributed by atoms with E-state index >= 15 is 0 Å². The summed E-state index contributed by atoms with van der Waals surface area (Å²) >= 11 is 17.8.